The number of hydrogen-bond donors (Lipinski definition) is 1. The minimum Gasteiger partial charge on any atom is -0.505 e. The van der Waals surface area contributed by atoms with Gasteiger partial charge in [0, 0.05) is 16.7 Å². The molecule has 5 heteroatoms. The van der Waals surface area contributed by atoms with E-state index in [1.165, 1.54) is 30.3 Å². The van der Waals surface area contributed by atoms with Crippen LogP contribution >= 0.6 is 0 Å². The van der Waals surface area contributed by atoms with E-state index in [4.69, 9.17) is 0 Å². The molecule has 0 amide bonds. The predicted molar refractivity (Wildman–Crippen MR) is 110 cm³/mol. The van der Waals surface area contributed by atoms with Crippen LogP contribution in [-0.4, -0.2) is 5.11 Å². The minimum atomic E-state index is -1.33. The Morgan fingerprint density at radius 2 is 1.20 bits per heavy atom. The second kappa shape index (κ2) is 7.98. The first kappa shape index (κ1) is 20.2. The van der Waals surface area contributed by atoms with Crippen molar-refractivity contribution in [2.75, 3.05) is 0 Å². The molecule has 0 bridgehead atoms. The maximum Gasteiger partial charge on any atom is 0.200 e. The molecule has 3 aromatic carbocycles. The lowest BCUT2D eigenvalue weighted by molar-refractivity contribution is 0.408. The number of halogens is 4. The molecule has 0 aliphatic heterocycles. The van der Waals surface area contributed by atoms with Gasteiger partial charge in [-0.2, -0.15) is 4.39 Å². The van der Waals surface area contributed by atoms with E-state index >= 15 is 0 Å². The third-order valence-electron chi connectivity index (χ3n) is 5.67. The van der Waals surface area contributed by atoms with Gasteiger partial charge >= 0.3 is 0 Å². The molecule has 1 aliphatic carbocycles. The molecule has 1 unspecified atom stereocenters. The first-order valence-corrected chi connectivity index (χ1v) is 9.82. The maximum absolute atomic E-state index is 14.8. The van der Waals surface area contributed by atoms with Crippen LogP contribution in [-0.2, 0) is 0 Å². The molecular formula is C25H20F4O. The van der Waals surface area contributed by atoms with Gasteiger partial charge in [-0.05, 0) is 54.0 Å². The Kier molecular flexibility index (Phi) is 5.37. The molecule has 4 rings (SSSR count). The van der Waals surface area contributed by atoms with E-state index < -0.39 is 29.0 Å². The summed E-state index contributed by atoms with van der Waals surface area (Å²) in [7, 11) is 0. The zero-order valence-corrected chi connectivity index (χ0v) is 16.4. The van der Waals surface area contributed by atoms with Crippen LogP contribution in [0, 0.1) is 29.2 Å². The average molecular weight is 412 g/mol. The zero-order valence-electron chi connectivity index (χ0n) is 16.4. The van der Waals surface area contributed by atoms with Crippen molar-refractivity contribution in [3.63, 3.8) is 0 Å². The first-order valence-electron chi connectivity index (χ1n) is 9.82. The Hall–Kier alpha value is -3.08. The molecule has 0 fully saturated rings. The largest absolute Gasteiger partial charge is 0.505 e. The Bertz CT molecular complexity index is 1130. The fourth-order valence-corrected chi connectivity index (χ4v) is 3.82. The molecule has 0 radical (unpaired) electrons. The molecule has 30 heavy (non-hydrogen) atoms. The SMILES string of the molecule is CC1CC=C(c2ccc(-c3ccc(-c4ccc(O)c(F)c4F)cc3)c(F)c2F)CC1. The minimum absolute atomic E-state index is 0.0303. The van der Waals surface area contributed by atoms with Crippen LogP contribution in [0.15, 0.2) is 54.6 Å². The summed E-state index contributed by atoms with van der Waals surface area (Å²) in [4.78, 5) is 0. The summed E-state index contributed by atoms with van der Waals surface area (Å²) < 4.78 is 57.3. The Morgan fingerprint density at radius 1 is 0.700 bits per heavy atom. The van der Waals surface area contributed by atoms with E-state index in [-0.39, 0.29) is 11.1 Å². The van der Waals surface area contributed by atoms with Crippen molar-refractivity contribution in [1.82, 2.24) is 0 Å². The van der Waals surface area contributed by atoms with E-state index in [0.717, 1.165) is 30.9 Å². The van der Waals surface area contributed by atoms with E-state index in [0.29, 0.717) is 22.6 Å². The van der Waals surface area contributed by atoms with E-state index in [2.05, 4.69) is 6.92 Å². The van der Waals surface area contributed by atoms with Gasteiger partial charge in [-0.25, -0.2) is 13.2 Å². The second-order valence-electron chi connectivity index (χ2n) is 7.74. The lowest BCUT2D eigenvalue weighted by atomic mass is 9.87. The normalized spacial score (nSPS) is 16.4. The van der Waals surface area contributed by atoms with Crippen LogP contribution in [0.25, 0.3) is 27.8 Å². The molecular weight excluding hydrogens is 392 g/mol. The highest BCUT2D eigenvalue weighted by Gasteiger charge is 2.20. The van der Waals surface area contributed by atoms with Crippen LogP contribution < -0.4 is 0 Å². The first-order chi connectivity index (χ1) is 14.4. The van der Waals surface area contributed by atoms with Gasteiger partial charge in [-0.15, -0.1) is 0 Å². The molecule has 3 aromatic rings. The lowest BCUT2D eigenvalue weighted by Crippen LogP contribution is -2.04. The zero-order chi connectivity index (χ0) is 21.4. The van der Waals surface area contributed by atoms with Crippen molar-refractivity contribution in [2.45, 2.75) is 26.2 Å². The van der Waals surface area contributed by atoms with Crippen molar-refractivity contribution in [2.24, 2.45) is 5.92 Å². The summed E-state index contributed by atoms with van der Waals surface area (Å²) in [6.45, 7) is 2.13. The quantitative estimate of drug-likeness (QED) is 0.442. The summed E-state index contributed by atoms with van der Waals surface area (Å²) >= 11 is 0. The van der Waals surface area contributed by atoms with Crippen molar-refractivity contribution in [3.05, 3.63) is 83.4 Å². The second-order valence-corrected chi connectivity index (χ2v) is 7.74. The standard InChI is InChI=1S/C25H20F4O/c1-14-2-4-15(5-3-14)18-10-11-19(23(27)22(18)26)16-6-8-17(9-7-16)20-12-13-21(30)25(29)24(20)28/h4,6-14,30H,2-3,5H2,1H3. The van der Waals surface area contributed by atoms with Gasteiger partial charge < -0.3 is 5.11 Å². The average Bonchev–Trinajstić information content (AvgIpc) is 2.75. The number of benzene rings is 3. The van der Waals surface area contributed by atoms with Gasteiger partial charge in [0.15, 0.2) is 23.2 Å². The van der Waals surface area contributed by atoms with Gasteiger partial charge in [0.25, 0.3) is 0 Å². The third-order valence-corrected chi connectivity index (χ3v) is 5.67. The Balaban J connectivity index is 1.67. The molecule has 1 aliphatic rings. The fraction of sp³-hybridized carbons (Fsp3) is 0.200. The Morgan fingerprint density at radius 3 is 1.77 bits per heavy atom. The summed E-state index contributed by atoms with van der Waals surface area (Å²) in [6.07, 6.45) is 4.50. The summed E-state index contributed by atoms with van der Waals surface area (Å²) in [5.41, 5.74) is 1.97. The van der Waals surface area contributed by atoms with E-state index in [1.54, 1.807) is 12.1 Å². The molecule has 0 aromatic heterocycles. The molecule has 0 saturated heterocycles. The molecule has 1 atom stereocenters. The molecule has 154 valence electrons. The van der Waals surface area contributed by atoms with Gasteiger partial charge in [-0.3, -0.25) is 0 Å². The third kappa shape index (κ3) is 3.60. The highest BCUT2D eigenvalue weighted by molar-refractivity contribution is 5.74. The van der Waals surface area contributed by atoms with Gasteiger partial charge in [0.1, 0.15) is 0 Å². The van der Waals surface area contributed by atoms with E-state index in [9.17, 15) is 22.7 Å². The van der Waals surface area contributed by atoms with E-state index in [1.807, 2.05) is 6.08 Å². The van der Waals surface area contributed by atoms with Crippen LogP contribution in [0.4, 0.5) is 17.6 Å². The number of phenols is 1. The predicted octanol–water partition coefficient (Wildman–Crippen LogP) is 7.49. The topological polar surface area (TPSA) is 20.2 Å². The lowest BCUT2D eigenvalue weighted by Gasteiger charge is -2.19. The number of hydrogen-bond acceptors (Lipinski definition) is 1. The van der Waals surface area contributed by atoms with Gasteiger partial charge in [-0.1, -0.05) is 49.4 Å². The highest BCUT2D eigenvalue weighted by atomic mass is 19.2. The summed E-state index contributed by atoms with van der Waals surface area (Å²) in [5.74, 6) is -4.52. The molecule has 1 N–H and O–H groups in total. The smallest absolute Gasteiger partial charge is 0.200 e. The number of aromatic hydroxyl groups is 1. The monoisotopic (exact) mass is 412 g/mol. The molecule has 0 saturated carbocycles. The van der Waals surface area contributed by atoms with Crippen LogP contribution in [0.1, 0.15) is 31.7 Å². The fourth-order valence-electron chi connectivity index (χ4n) is 3.82. The maximum atomic E-state index is 14.8. The molecule has 0 heterocycles. The van der Waals surface area contributed by atoms with Crippen molar-refractivity contribution < 1.29 is 22.7 Å². The highest BCUT2D eigenvalue weighted by Crippen LogP contribution is 2.36. The molecule has 0 spiro atoms. The van der Waals surface area contributed by atoms with Gasteiger partial charge in [0.05, 0.1) is 0 Å². The number of phenolic OH excluding ortho intramolecular Hbond substituents is 1. The van der Waals surface area contributed by atoms with Crippen LogP contribution in [0.2, 0.25) is 0 Å². The number of rotatable bonds is 3. The van der Waals surface area contributed by atoms with Crippen LogP contribution in [0.5, 0.6) is 5.75 Å². The van der Waals surface area contributed by atoms with Gasteiger partial charge in [0.2, 0.25) is 5.82 Å². The summed E-state index contributed by atoms with van der Waals surface area (Å²) in [6, 6.07) is 11.5. The van der Waals surface area contributed by atoms with Crippen molar-refractivity contribution in [3.8, 4) is 28.0 Å². The van der Waals surface area contributed by atoms with Crippen LogP contribution in [0.3, 0.4) is 0 Å². The number of allylic oxidation sites excluding steroid dienone is 2. The Labute approximate surface area is 172 Å². The van der Waals surface area contributed by atoms with Crippen molar-refractivity contribution in [1.29, 1.82) is 0 Å². The van der Waals surface area contributed by atoms with Crippen molar-refractivity contribution >= 4 is 5.57 Å². The summed E-state index contributed by atoms with van der Waals surface area (Å²) in [5, 5.41) is 9.25. The molecule has 1 nitrogen and oxygen atoms in total.